The molecule has 1 nitrogen and oxygen atoms in total. The molecule has 1 aliphatic rings. The van der Waals surface area contributed by atoms with Crippen molar-refractivity contribution in [2.45, 2.75) is 32.0 Å². The summed E-state index contributed by atoms with van der Waals surface area (Å²) >= 11 is 5.92. The number of rotatable bonds is 5. The van der Waals surface area contributed by atoms with E-state index < -0.39 is 11.7 Å². The largest absolute Gasteiger partial charge is 0.416 e. The first kappa shape index (κ1) is 15.6. The zero-order valence-electron chi connectivity index (χ0n) is 11.2. The fourth-order valence-electron chi connectivity index (χ4n) is 2.80. The number of halogens is 4. The van der Waals surface area contributed by atoms with Gasteiger partial charge in [0.2, 0.25) is 0 Å². The molecule has 20 heavy (non-hydrogen) atoms. The van der Waals surface area contributed by atoms with Gasteiger partial charge in [-0.1, -0.05) is 18.6 Å². The third kappa shape index (κ3) is 4.13. The number of nitrogens with one attached hydrogen (secondary N) is 1. The van der Waals surface area contributed by atoms with E-state index in [1.54, 1.807) is 0 Å². The van der Waals surface area contributed by atoms with Gasteiger partial charge in [-0.05, 0) is 48.9 Å². The van der Waals surface area contributed by atoms with Gasteiger partial charge >= 0.3 is 6.18 Å². The Morgan fingerprint density at radius 3 is 2.35 bits per heavy atom. The normalized spacial score (nSPS) is 23.2. The third-order valence-corrected chi connectivity index (χ3v) is 4.43. The van der Waals surface area contributed by atoms with E-state index in [0.29, 0.717) is 24.3 Å². The Bertz CT molecular complexity index is 416. The fourth-order valence-corrected chi connectivity index (χ4v) is 3.21. The van der Waals surface area contributed by atoms with Crippen LogP contribution in [0.2, 0.25) is 0 Å². The van der Waals surface area contributed by atoms with Crippen LogP contribution in [-0.4, -0.2) is 12.4 Å². The van der Waals surface area contributed by atoms with Gasteiger partial charge in [0.1, 0.15) is 0 Å². The molecule has 1 aromatic carbocycles. The number of hydrogen-bond acceptors (Lipinski definition) is 1. The third-order valence-electron chi connectivity index (χ3n) is 4.03. The SMILES string of the molecule is FC(F)(F)c1ccc(CNCC2CCCC2CCl)cc1. The summed E-state index contributed by atoms with van der Waals surface area (Å²) < 4.78 is 37.3. The highest BCUT2D eigenvalue weighted by atomic mass is 35.5. The van der Waals surface area contributed by atoms with Crippen LogP contribution in [0.1, 0.15) is 30.4 Å². The van der Waals surface area contributed by atoms with Crippen LogP contribution in [0.3, 0.4) is 0 Å². The molecule has 112 valence electrons. The summed E-state index contributed by atoms with van der Waals surface area (Å²) in [4.78, 5) is 0. The maximum atomic E-state index is 12.4. The minimum absolute atomic E-state index is 0.580. The molecule has 5 heteroatoms. The van der Waals surface area contributed by atoms with Crippen LogP contribution in [0.25, 0.3) is 0 Å². The molecular weight excluding hydrogens is 287 g/mol. The summed E-state index contributed by atoms with van der Waals surface area (Å²) in [6, 6.07) is 5.33. The van der Waals surface area contributed by atoms with E-state index in [4.69, 9.17) is 11.6 Å². The summed E-state index contributed by atoms with van der Waals surface area (Å²) in [5.41, 5.74) is 0.276. The quantitative estimate of drug-likeness (QED) is 0.793. The minimum atomic E-state index is -4.26. The average Bonchev–Trinajstić information content (AvgIpc) is 2.86. The molecule has 1 saturated carbocycles. The van der Waals surface area contributed by atoms with Crippen LogP contribution in [0.15, 0.2) is 24.3 Å². The second-order valence-electron chi connectivity index (χ2n) is 5.43. The number of benzene rings is 1. The van der Waals surface area contributed by atoms with Crippen molar-refractivity contribution in [1.29, 1.82) is 0 Å². The molecule has 0 heterocycles. The molecule has 0 saturated heterocycles. The van der Waals surface area contributed by atoms with Crippen LogP contribution >= 0.6 is 11.6 Å². The average molecular weight is 306 g/mol. The van der Waals surface area contributed by atoms with Crippen molar-refractivity contribution in [3.8, 4) is 0 Å². The van der Waals surface area contributed by atoms with E-state index in [1.165, 1.54) is 31.4 Å². The van der Waals surface area contributed by atoms with Gasteiger partial charge in [0.25, 0.3) is 0 Å². The summed E-state index contributed by atoms with van der Waals surface area (Å²) in [6.45, 7) is 1.49. The van der Waals surface area contributed by atoms with Crippen molar-refractivity contribution in [2.24, 2.45) is 11.8 Å². The van der Waals surface area contributed by atoms with E-state index >= 15 is 0 Å². The van der Waals surface area contributed by atoms with Gasteiger partial charge in [-0.25, -0.2) is 0 Å². The lowest BCUT2D eigenvalue weighted by Crippen LogP contribution is -2.25. The number of hydrogen-bond donors (Lipinski definition) is 1. The first-order chi connectivity index (χ1) is 9.50. The van der Waals surface area contributed by atoms with Gasteiger partial charge in [-0.2, -0.15) is 13.2 Å². The smallest absolute Gasteiger partial charge is 0.312 e. The molecule has 0 amide bonds. The highest BCUT2D eigenvalue weighted by Gasteiger charge is 2.30. The summed E-state index contributed by atoms with van der Waals surface area (Å²) in [5, 5.41) is 3.33. The molecule has 1 aromatic rings. The summed E-state index contributed by atoms with van der Waals surface area (Å²) in [6.07, 6.45) is -0.652. The van der Waals surface area contributed by atoms with Crippen LogP contribution < -0.4 is 5.32 Å². The Hall–Kier alpha value is -0.740. The van der Waals surface area contributed by atoms with Crippen molar-refractivity contribution in [3.05, 3.63) is 35.4 Å². The van der Waals surface area contributed by atoms with E-state index in [-0.39, 0.29) is 0 Å². The van der Waals surface area contributed by atoms with Crippen molar-refractivity contribution >= 4 is 11.6 Å². The van der Waals surface area contributed by atoms with Crippen molar-refractivity contribution < 1.29 is 13.2 Å². The maximum absolute atomic E-state index is 12.4. The molecule has 0 spiro atoms. The fraction of sp³-hybridized carbons (Fsp3) is 0.600. The first-order valence-corrected chi connectivity index (χ1v) is 7.47. The molecule has 1 aliphatic carbocycles. The zero-order chi connectivity index (χ0) is 14.6. The molecule has 0 radical (unpaired) electrons. The van der Waals surface area contributed by atoms with Crippen LogP contribution in [0.5, 0.6) is 0 Å². The van der Waals surface area contributed by atoms with E-state index in [9.17, 15) is 13.2 Å². The van der Waals surface area contributed by atoms with Gasteiger partial charge < -0.3 is 5.32 Å². The predicted octanol–water partition coefficient (Wildman–Crippen LogP) is 4.45. The molecule has 2 unspecified atom stereocenters. The monoisotopic (exact) mass is 305 g/mol. The molecular formula is C15H19ClF3N. The Morgan fingerprint density at radius 1 is 1.10 bits per heavy atom. The minimum Gasteiger partial charge on any atom is -0.312 e. The van der Waals surface area contributed by atoms with Crippen molar-refractivity contribution in [1.82, 2.24) is 5.32 Å². The Kier molecular flexibility index (Phi) is 5.33. The van der Waals surface area contributed by atoms with Crippen LogP contribution in [0, 0.1) is 11.8 Å². The molecule has 0 aromatic heterocycles. The first-order valence-electron chi connectivity index (χ1n) is 6.93. The Morgan fingerprint density at radius 2 is 1.75 bits per heavy atom. The highest BCUT2D eigenvalue weighted by Crippen LogP contribution is 2.32. The van der Waals surface area contributed by atoms with Crippen LogP contribution in [0.4, 0.5) is 13.2 Å². The Labute approximate surface area is 122 Å². The van der Waals surface area contributed by atoms with Gasteiger partial charge in [-0.15, -0.1) is 11.6 Å². The van der Waals surface area contributed by atoms with E-state index in [2.05, 4.69) is 5.32 Å². The molecule has 0 bridgehead atoms. The molecule has 1 N–H and O–H groups in total. The van der Waals surface area contributed by atoms with Crippen molar-refractivity contribution in [2.75, 3.05) is 12.4 Å². The molecule has 2 rings (SSSR count). The predicted molar refractivity (Wildman–Crippen MR) is 74.7 cm³/mol. The maximum Gasteiger partial charge on any atom is 0.416 e. The van der Waals surface area contributed by atoms with Gasteiger partial charge in [0, 0.05) is 12.4 Å². The molecule has 1 fully saturated rings. The standard InChI is InChI=1S/C15H19ClF3N/c16-8-12-2-1-3-13(12)10-20-9-11-4-6-14(7-5-11)15(17,18)19/h4-7,12-13,20H,1-3,8-10H2. The van der Waals surface area contributed by atoms with Crippen LogP contribution in [-0.2, 0) is 12.7 Å². The lowest BCUT2D eigenvalue weighted by molar-refractivity contribution is -0.137. The molecule has 0 aliphatic heterocycles. The van der Waals surface area contributed by atoms with Gasteiger partial charge in [-0.3, -0.25) is 0 Å². The second kappa shape index (κ2) is 6.81. The topological polar surface area (TPSA) is 12.0 Å². The highest BCUT2D eigenvalue weighted by molar-refractivity contribution is 6.18. The van der Waals surface area contributed by atoms with Crippen molar-refractivity contribution in [3.63, 3.8) is 0 Å². The van der Waals surface area contributed by atoms with Gasteiger partial charge in [0.15, 0.2) is 0 Å². The number of alkyl halides is 4. The summed E-state index contributed by atoms with van der Waals surface area (Å²) in [5.74, 6) is 1.88. The van der Waals surface area contributed by atoms with Gasteiger partial charge in [0.05, 0.1) is 5.56 Å². The summed E-state index contributed by atoms with van der Waals surface area (Å²) in [7, 11) is 0. The lowest BCUT2D eigenvalue weighted by Gasteiger charge is -2.17. The second-order valence-corrected chi connectivity index (χ2v) is 5.74. The van der Waals surface area contributed by atoms with E-state index in [1.807, 2.05) is 0 Å². The van der Waals surface area contributed by atoms with E-state index in [0.717, 1.165) is 24.2 Å². The molecule has 2 atom stereocenters. The zero-order valence-corrected chi connectivity index (χ0v) is 12.0. The lowest BCUT2D eigenvalue weighted by atomic mass is 9.98. The Balaban J connectivity index is 1.80.